The maximum absolute atomic E-state index is 12.9. The zero-order valence-electron chi connectivity index (χ0n) is 19.0. The van der Waals surface area contributed by atoms with Crippen molar-refractivity contribution >= 4 is 33.4 Å². The number of amides is 4. The van der Waals surface area contributed by atoms with E-state index in [1.807, 2.05) is 0 Å². The number of hydrogen-bond donors (Lipinski definition) is 1. The van der Waals surface area contributed by atoms with Gasteiger partial charge in [0.2, 0.25) is 0 Å². The van der Waals surface area contributed by atoms with Crippen LogP contribution in [0.25, 0.3) is 0 Å². The molecule has 1 aliphatic heterocycles. The minimum atomic E-state index is -5.55. The van der Waals surface area contributed by atoms with Gasteiger partial charge in [-0.15, -0.1) is 0 Å². The highest BCUT2D eigenvalue weighted by Crippen LogP contribution is 2.32. The number of halogens is 3. The predicted molar refractivity (Wildman–Crippen MR) is 122 cm³/mol. The van der Waals surface area contributed by atoms with E-state index in [-0.39, 0.29) is 36.4 Å². The Kier molecular flexibility index (Phi) is 7.03. The number of carbonyl (C=O) groups is 3. The number of sulfone groups is 1. The number of nitrogens with zero attached hydrogens (tertiary/aromatic N) is 3. The normalized spacial score (nSPS) is 17.5. The molecule has 1 aliphatic carbocycles. The maximum Gasteiger partial charge on any atom is 0.501 e. The highest BCUT2D eigenvalue weighted by Gasteiger charge is 2.47. The molecule has 1 aromatic heterocycles. The summed E-state index contributed by atoms with van der Waals surface area (Å²) < 4.78 is 61.4. The molecule has 1 N–H and O–H groups in total. The van der Waals surface area contributed by atoms with Gasteiger partial charge in [-0.05, 0) is 54.8 Å². The first kappa shape index (κ1) is 25.6. The molecule has 2 heterocycles. The molecule has 13 heteroatoms. The predicted octanol–water partition coefficient (Wildman–Crippen LogP) is 3.41. The number of hydrogen-bond acceptors (Lipinski definition) is 6. The lowest BCUT2D eigenvalue weighted by Crippen LogP contribution is -2.36. The number of imide groups is 1. The summed E-state index contributed by atoms with van der Waals surface area (Å²) in [7, 11) is -5.55. The van der Waals surface area contributed by atoms with Gasteiger partial charge in [-0.2, -0.15) is 13.2 Å². The fourth-order valence-electron chi connectivity index (χ4n) is 4.26. The molecule has 0 radical (unpaired) electrons. The van der Waals surface area contributed by atoms with Crippen LogP contribution < -0.4 is 10.2 Å². The molecule has 9 nitrogen and oxygen atoms in total. The van der Waals surface area contributed by atoms with Crippen molar-refractivity contribution in [3.05, 3.63) is 53.9 Å². The number of carbonyl (C=O) groups excluding carboxylic acids is 3. The zero-order chi connectivity index (χ0) is 26.1. The Labute approximate surface area is 205 Å². The first-order valence-corrected chi connectivity index (χ1v) is 12.7. The van der Waals surface area contributed by atoms with Crippen LogP contribution in [0.5, 0.6) is 0 Å². The van der Waals surface area contributed by atoms with E-state index in [0.29, 0.717) is 17.7 Å². The van der Waals surface area contributed by atoms with E-state index in [1.165, 1.54) is 17.2 Å². The van der Waals surface area contributed by atoms with Crippen LogP contribution in [0.1, 0.15) is 48.2 Å². The van der Waals surface area contributed by atoms with Crippen molar-refractivity contribution < 1.29 is 36.0 Å². The minimum absolute atomic E-state index is 0.00611. The Morgan fingerprint density at radius 1 is 1.06 bits per heavy atom. The minimum Gasteiger partial charge on any atom is -0.348 e. The summed E-state index contributed by atoms with van der Waals surface area (Å²) >= 11 is 0. The molecule has 1 aromatic carbocycles. The monoisotopic (exact) mass is 524 g/mol. The third-order valence-corrected chi connectivity index (χ3v) is 7.62. The highest BCUT2D eigenvalue weighted by atomic mass is 32.2. The molecule has 192 valence electrons. The average Bonchev–Trinajstić information content (AvgIpc) is 3.11. The standard InChI is InChI=1S/C23H23F3N4O5S/c24-23(25,26)36(34,35)18-8-6-17(7-9-18)30-20(31)14-29(22(30)33)13-15-10-11-27-19(12-15)21(32)28-16-4-2-1-3-5-16/h6-12,16H,1-5,13-14H2,(H,28,32). The van der Waals surface area contributed by atoms with Gasteiger partial charge >= 0.3 is 11.5 Å². The van der Waals surface area contributed by atoms with Gasteiger partial charge in [-0.3, -0.25) is 14.6 Å². The Balaban J connectivity index is 1.45. The molecule has 2 fully saturated rings. The molecular formula is C23H23F3N4O5S. The number of aromatic nitrogens is 1. The molecule has 4 amide bonds. The van der Waals surface area contributed by atoms with Crippen LogP contribution in [0.3, 0.4) is 0 Å². The van der Waals surface area contributed by atoms with E-state index in [2.05, 4.69) is 10.3 Å². The van der Waals surface area contributed by atoms with Crippen LogP contribution in [0, 0.1) is 0 Å². The quantitative estimate of drug-likeness (QED) is 0.579. The van der Waals surface area contributed by atoms with E-state index >= 15 is 0 Å². The number of nitrogens with one attached hydrogen (secondary N) is 1. The maximum atomic E-state index is 12.9. The first-order chi connectivity index (χ1) is 17.0. The van der Waals surface area contributed by atoms with Gasteiger partial charge in [0.25, 0.3) is 21.7 Å². The smallest absolute Gasteiger partial charge is 0.348 e. The second kappa shape index (κ2) is 9.88. The average molecular weight is 525 g/mol. The summed E-state index contributed by atoms with van der Waals surface area (Å²) in [5.74, 6) is -0.946. The number of pyridine rings is 1. The summed E-state index contributed by atoms with van der Waals surface area (Å²) in [5, 5.41) is 2.97. The van der Waals surface area contributed by atoms with Crippen LogP contribution in [-0.4, -0.2) is 54.2 Å². The molecule has 0 bridgehead atoms. The van der Waals surface area contributed by atoms with Gasteiger partial charge in [-0.25, -0.2) is 18.1 Å². The summed E-state index contributed by atoms with van der Waals surface area (Å²) in [4.78, 5) is 43.1. The van der Waals surface area contributed by atoms with Crippen LogP contribution >= 0.6 is 0 Å². The van der Waals surface area contributed by atoms with E-state index in [4.69, 9.17) is 0 Å². The Hall–Kier alpha value is -3.48. The molecule has 1 saturated carbocycles. The Bertz CT molecular complexity index is 1280. The molecular weight excluding hydrogens is 501 g/mol. The zero-order valence-corrected chi connectivity index (χ0v) is 19.8. The number of rotatable bonds is 6. The molecule has 0 unspecified atom stereocenters. The molecule has 36 heavy (non-hydrogen) atoms. The second-order valence-electron chi connectivity index (χ2n) is 8.67. The van der Waals surface area contributed by atoms with Gasteiger partial charge in [0, 0.05) is 18.8 Å². The van der Waals surface area contributed by atoms with E-state index < -0.39 is 32.2 Å². The topological polar surface area (TPSA) is 117 Å². The van der Waals surface area contributed by atoms with Gasteiger partial charge < -0.3 is 10.2 Å². The summed E-state index contributed by atoms with van der Waals surface area (Å²) in [6, 6.07) is 5.85. The lowest BCUT2D eigenvalue weighted by atomic mass is 9.95. The summed E-state index contributed by atoms with van der Waals surface area (Å²) in [6.45, 7) is -0.304. The summed E-state index contributed by atoms with van der Waals surface area (Å²) in [6.07, 6.45) is 6.52. The largest absolute Gasteiger partial charge is 0.501 e. The highest BCUT2D eigenvalue weighted by molar-refractivity contribution is 7.92. The molecule has 2 aliphatic rings. The third-order valence-electron chi connectivity index (χ3n) is 6.12. The van der Waals surface area contributed by atoms with Crippen molar-refractivity contribution in [3.63, 3.8) is 0 Å². The fourth-order valence-corrected chi connectivity index (χ4v) is 5.02. The van der Waals surface area contributed by atoms with Crippen LogP contribution in [0.2, 0.25) is 0 Å². The number of urea groups is 1. The lowest BCUT2D eigenvalue weighted by molar-refractivity contribution is -0.116. The van der Waals surface area contributed by atoms with Crippen molar-refractivity contribution in [1.29, 1.82) is 0 Å². The van der Waals surface area contributed by atoms with Crippen LogP contribution in [0.15, 0.2) is 47.5 Å². The molecule has 0 spiro atoms. The Morgan fingerprint density at radius 3 is 2.36 bits per heavy atom. The third kappa shape index (κ3) is 5.20. The molecule has 4 rings (SSSR count). The fraction of sp³-hybridized carbons (Fsp3) is 0.391. The van der Waals surface area contributed by atoms with Crippen molar-refractivity contribution in [2.75, 3.05) is 11.4 Å². The number of anilines is 1. The SMILES string of the molecule is O=C(NC1CCCCC1)c1cc(CN2CC(=O)N(c3ccc(S(=O)(=O)C(F)(F)F)cc3)C2=O)ccn1. The van der Waals surface area contributed by atoms with Crippen molar-refractivity contribution in [2.45, 2.75) is 55.1 Å². The van der Waals surface area contributed by atoms with Gasteiger partial charge in [-0.1, -0.05) is 19.3 Å². The molecule has 2 aromatic rings. The van der Waals surface area contributed by atoms with Crippen molar-refractivity contribution in [3.8, 4) is 0 Å². The number of benzene rings is 1. The van der Waals surface area contributed by atoms with Crippen LogP contribution in [0.4, 0.5) is 23.7 Å². The summed E-state index contributed by atoms with van der Waals surface area (Å²) in [5.41, 5.74) is -4.78. The van der Waals surface area contributed by atoms with Gasteiger partial charge in [0.1, 0.15) is 12.2 Å². The molecule has 0 atom stereocenters. The van der Waals surface area contributed by atoms with Crippen LogP contribution in [-0.2, 0) is 21.2 Å². The van der Waals surface area contributed by atoms with Crippen molar-refractivity contribution in [1.82, 2.24) is 15.2 Å². The second-order valence-corrected chi connectivity index (χ2v) is 10.6. The molecule has 1 saturated heterocycles. The van der Waals surface area contributed by atoms with Crippen molar-refractivity contribution in [2.24, 2.45) is 0 Å². The lowest BCUT2D eigenvalue weighted by Gasteiger charge is -2.22. The van der Waals surface area contributed by atoms with E-state index in [9.17, 15) is 36.0 Å². The van der Waals surface area contributed by atoms with E-state index in [1.54, 1.807) is 6.07 Å². The Morgan fingerprint density at radius 2 is 1.72 bits per heavy atom. The van der Waals surface area contributed by atoms with Gasteiger partial charge in [0.05, 0.1) is 10.6 Å². The van der Waals surface area contributed by atoms with Gasteiger partial charge in [0.15, 0.2) is 0 Å². The van der Waals surface area contributed by atoms with E-state index in [0.717, 1.165) is 49.1 Å². The first-order valence-electron chi connectivity index (χ1n) is 11.3. The number of alkyl halides is 3.